The minimum atomic E-state index is -0.419. The van der Waals surface area contributed by atoms with Gasteiger partial charge in [-0.05, 0) is 19.8 Å². The molecular weight excluding hydrogens is 178 g/mol. The normalized spacial score (nSPS) is 18.9. The van der Waals surface area contributed by atoms with E-state index in [2.05, 4.69) is 5.32 Å². The van der Waals surface area contributed by atoms with Crippen molar-refractivity contribution in [3.8, 4) is 0 Å². The van der Waals surface area contributed by atoms with E-state index in [4.69, 9.17) is 0 Å². The number of ketones is 1. The highest BCUT2D eigenvalue weighted by Gasteiger charge is 2.34. The maximum Gasteiger partial charge on any atom is 0.225 e. The Bertz CT molecular complexity index is 249. The maximum atomic E-state index is 11.6. The van der Waals surface area contributed by atoms with Crippen LogP contribution < -0.4 is 5.32 Å². The molecule has 3 heteroatoms. The minimum Gasteiger partial charge on any atom is -0.346 e. The fourth-order valence-corrected chi connectivity index (χ4v) is 1.21. The summed E-state index contributed by atoms with van der Waals surface area (Å²) in [6.45, 7) is 7.30. The molecule has 0 heterocycles. The molecule has 80 valence electrons. The lowest BCUT2D eigenvalue weighted by Gasteiger charge is -2.21. The summed E-state index contributed by atoms with van der Waals surface area (Å²) >= 11 is 0. The first-order valence-corrected chi connectivity index (χ1v) is 5.17. The van der Waals surface area contributed by atoms with E-state index in [9.17, 15) is 9.59 Å². The Morgan fingerprint density at radius 2 is 1.79 bits per heavy atom. The highest BCUT2D eigenvalue weighted by atomic mass is 16.2. The molecule has 1 N–H and O–H groups in total. The molecule has 0 aromatic heterocycles. The number of nitrogens with one attached hydrogen (secondary N) is 1. The first-order chi connectivity index (χ1) is 6.32. The van der Waals surface area contributed by atoms with Crippen molar-refractivity contribution in [1.29, 1.82) is 0 Å². The van der Waals surface area contributed by atoms with Crippen molar-refractivity contribution in [3.63, 3.8) is 0 Å². The van der Waals surface area contributed by atoms with Crippen molar-refractivity contribution in [2.24, 2.45) is 11.3 Å². The van der Waals surface area contributed by atoms with Gasteiger partial charge in [-0.3, -0.25) is 9.59 Å². The number of rotatable bonds is 3. The quantitative estimate of drug-likeness (QED) is 0.745. The van der Waals surface area contributed by atoms with E-state index in [1.54, 1.807) is 6.92 Å². The number of amides is 1. The van der Waals surface area contributed by atoms with Crippen LogP contribution in [-0.4, -0.2) is 17.7 Å². The van der Waals surface area contributed by atoms with Gasteiger partial charge in [0, 0.05) is 11.3 Å². The Balaban J connectivity index is 2.43. The van der Waals surface area contributed by atoms with Crippen LogP contribution in [0.3, 0.4) is 0 Å². The molecule has 1 aliphatic carbocycles. The largest absolute Gasteiger partial charge is 0.346 e. The van der Waals surface area contributed by atoms with Crippen LogP contribution >= 0.6 is 0 Å². The van der Waals surface area contributed by atoms with Crippen LogP contribution in [0.1, 0.15) is 40.5 Å². The molecule has 0 spiro atoms. The number of carbonyl (C=O) groups is 2. The number of Topliss-reactive ketones (excluding diaryl/α,β-unsaturated/α-hetero) is 1. The SMILES string of the molecule is C[C@H](NC(=O)C(C)(C)C)C(=O)C1CC1. The Kier molecular flexibility index (Phi) is 2.98. The van der Waals surface area contributed by atoms with E-state index >= 15 is 0 Å². The standard InChI is InChI=1S/C11H19NO2/c1-7(9(13)8-5-6-8)12-10(14)11(2,3)4/h7-8H,5-6H2,1-4H3,(H,12,14)/t7-/m0/s1. The van der Waals surface area contributed by atoms with Crippen molar-refractivity contribution < 1.29 is 9.59 Å². The second kappa shape index (κ2) is 3.71. The number of carbonyl (C=O) groups excluding carboxylic acids is 2. The van der Waals surface area contributed by atoms with Gasteiger partial charge in [-0.2, -0.15) is 0 Å². The molecule has 14 heavy (non-hydrogen) atoms. The van der Waals surface area contributed by atoms with Crippen molar-refractivity contribution in [2.45, 2.75) is 46.6 Å². The average Bonchev–Trinajstić information content (AvgIpc) is 2.83. The summed E-state index contributed by atoms with van der Waals surface area (Å²) in [6.07, 6.45) is 1.99. The number of hydrogen-bond donors (Lipinski definition) is 1. The Labute approximate surface area is 85.3 Å². The van der Waals surface area contributed by atoms with Crippen molar-refractivity contribution in [3.05, 3.63) is 0 Å². The van der Waals surface area contributed by atoms with E-state index in [1.807, 2.05) is 20.8 Å². The predicted octanol–water partition coefficient (Wildman–Crippen LogP) is 1.52. The van der Waals surface area contributed by atoms with Crippen molar-refractivity contribution in [2.75, 3.05) is 0 Å². The van der Waals surface area contributed by atoms with Gasteiger partial charge in [0.05, 0.1) is 6.04 Å². The van der Waals surface area contributed by atoms with Gasteiger partial charge in [0.2, 0.25) is 5.91 Å². The molecule has 3 nitrogen and oxygen atoms in total. The topological polar surface area (TPSA) is 46.2 Å². The van der Waals surface area contributed by atoms with Crippen LogP contribution in [-0.2, 0) is 9.59 Å². The molecule has 0 aromatic rings. The zero-order valence-electron chi connectivity index (χ0n) is 9.39. The third kappa shape index (κ3) is 2.82. The molecule has 0 aliphatic heterocycles. The third-order valence-electron chi connectivity index (χ3n) is 2.44. The molecule has 1 amide bonds. The molecule has 0 unspecified atom stereocenters. The van der Waals surface area contributed by atoms with Gasteiger partial charge in [0.25, 0.3) is 0 Å². The highest BCUT2D eigenvalue weighted by Crippen LogP contribution is 2.30. The summed E-state index contributed by atoms with van der Waals surface area (Å²) in [5, 5.41) is 2.75. The van der Waals surface area contributed by atoms with E-state index in [1.165, 1.54) is 0 Å². The molecule has 0 radical (unpaired) electrons. The summed E-state index contributed by atoms with van der Waals surface area (Å²) in [4.78, 5) is 23.1. The summed E-state index contributed by atoms with van der Waals surface area (Å²) < 4.78 is 0. The molecule has 0 bridgehead atoms. The highest BCUT2D eigenvalue weighted by molar-refractivity contribution is 5.92. The average molecular weight is 197 g/mol. The van der Waals surface area contributed by atoms with Gasteiger partial charge < -0.3 is 5.32 Å². The van der Waals surface area contributed by atoms with Crippen LogP contribution in [0.15, 0.2) is 0 Å². The van der Waals surface area contributed by atoms with Crippen molar-refractivity contribution in [1.82, 2.24) is 5.32 Å². The lowest BCUT2D eigenvalue weighted by molar-refractivity contribution is -0.132. The third-order valence-corrected chi connectivity index (χ3v) is 2.44. The van der Waals surface area contributed by atoms with Crippen LogP contribution in [0.25, 0.3) is 0 Å². The van der Waals surface area contributed by atoms with Crippen molar-refractivity contribution >= 4 is 11.7 Å². The zero-order chi connectivity index (χ0) is 10.9. The molecule has 0 aromatic carbocycles. The molecule has 1 saturated carbocycles. The van der Waals surface area contributed by atoms with Gasteiger partial charge in [0.1, 0.15) is 0 Å². The minimum absolute atomic E-state index is 0.0565. The van der Waals surface area contributed by atoms with Crippen LogP contribution in [0, 0.1) is 11.3 Å². The lowest BCUT2D eigenvalue weighted by Crippen LogP contribution is -2.44. The Morgan fingerprint density at radius 1 is 1.29 bits per heavy atom. The van der Waals surface area contributed by atoms with Gasteiger partial charge >= 0.3 is 0 Å². The first-order valence-electron chi connectivity index (χ1n) is 5.17. The molecule has 1 aliphatic rings. The molecule has 1 rings (SSSR count). The van der Waals surface area contributed by atoms with Gasteiger partial charge in [-0.25, -0.2) is 0 Å². The van der Waals surface area contributed by atoms with Crippen LogP contribution in [0.2, 0.25) is 0 Å². The first kappa shape index (κ1) is 11.2. The molecule has 1 fully saturated rings. The zero-order valence-corrected chi connectivity index (χ0v) is 9.39. The van der Waals surface area contributed by atoms with E-state index in [-0.39, 0.29) is 23.7 Å². The smallest absolute Gasteiger partial charge is 0.225 e. The Morgan fingerprint density at radius 3 is 2.14 bits per heavy atom. The summed E-state index contributed by atoms with van der Waals surface area (Å²) in [7, 11) is 0. The fraction of sp³-hybridized carbons (Fsp3) is 0.818. The molecule has 1 atom stereocenters. The van der Waals surface area contributed by atoms with Gasteiger partial charge in [0.15, 0.2) is 5.78 Å². The predicted molar refractivity (Wildman–Crippen MR) is 54.8 cm³/mol. The number of hydrogen-bond acceptors (Lipinski definition) is 2. The second-order valence-corrected chi connectivity index (χ2v) is 5.12. The van der Waals surface area contributed by atoms with E-state index in [0.29, 0.717) is 0 Å². The molecule has 0 saturated heterocycles. The van der Waals surface area contributed by atoms with E-state index in [0.717, 1.165) is 12.8 Å². The van der Waals surface area contributed by atoms with Gasteiger partial charge in [-0.15, -0.1) is 0 Å². The molecular formula is C11H19NO2. The monoisotopic (exact) mass is 197 g/mol. The van der Waals surface area contributed by atoms with Crippen LogP contribution in [0.5, 0.6) is 0 Å². The fourth-order valence-electron chi connectivity index (χ4n) is 1.21. The Hall–Kier alpha value is -0.860. The maximum absolute atomic E-state index is 11.6. The summed E-state index contributed by atoms with van der Waals surface area (Å²) in [5.74, 6) is 0.340. The van der Waals surface area contributed by atoms with Gasteiger partial charge in [-0.1, -0.05) is 20.8 Å². The lowest BCUT2D eigenvalue weighted by atomic mass is 9.95. The summed E-state index contributed by atoms with van der Waals surface area (Å²) in [6, 6.07) is -0.325. The summed E-state index contributed by atoms with van der Waals surface area (Å²) in [5.41, 5.74) is -0.419. The second-order valence-electron chi connectivity index (χ2n) is 5.12. The van der Waals surface area contributed by atoms with E-state index < -0.39 is 5.41 Å². The van der Waals surface area contributed by atoms with Crippen LogP contribution in [0.4, 0.5) is 0 Å².